The number of anilines is 1. The molecule has 1 aromatic heterocycles. The maximum Gasteiger partial charge on any atom is 0.195 e. The molecule has 0 saturated carbocycles. The first kappa shape index (κ1) is 19.8. The van der Waals surface area contributed by atoms with E-state index in [-0.39, 0.29) is 24.0 Å². The van der Waals surface area contributed by atoms with E-state index in [0.717, 1.165) is 34.3 Å². The van der Waals surface area contributed by atoms with E-state index in [1.807, 2.05) is 32.0 Å². The number of guanidine groups is 1. The molecular formula is C17H23IN4O2S. The van der Waals surface area contributed by atoms with Crippen molar-refractivity contribution in [1.82, 2.24) is 10.3 Å². The van der Waals surface area contributed by atoms with Crippen LogP contribution in [0, 0.1) is 13.8 Å². The van der Waals surface area contributed by atoms with E-state index >= 15 is 0 Å². The minimum Gasteiger partial charge on any atom is -0.490 e. The zero-order chi connectivity index (χ0) is 16.9. The predicted molar refractivity (Wildman–Crippen MR) is 113 cm³/mol. The fourth-order valence-corrected chi connectivity index (χ4v) is 3.34. The SMILES string of the molecule is CN=C(NCc1sc(C)nc1C)Nc1ccc2c(c1)OCCCO2.I. The fraction of sp³-hybridized carbons (Fsp3) is 0.412. The van der Waals surface area contributed by atoms with Gasteiger partial charge in [-0.1, -0.05) is 0 Å². The van der Waals surface area contributed by atoms with E-state index in [4.69, 9.17) is 9.47 Å². The zero-order valence-corrected chi connectivity index (χ0v) is 17.7. The van der Waals surface area contributed by atoms with E-state index < -0.39 is 0 Å². The molecule has 136 valence electrons. The molecule has 2 N–H and O–H groups in total. The number of halogens is 1. The number of hydrogen-bond donors (Lipinski definition) is 2. The molecule has 0 unspecified atom stereocenters. The highest BCUT2D eigenvalue weighted by molar-refractivity contribution is 14.0. The van der Waals surface area contributed by atoms with Crippen LogP contribution >= 0.6 is 35.3 Å². The molecule has 0 radical (unpaired) electrons. The minimum absolute atomic E-state index is 0. The molecule has 1 aromatic carbocycles. The van der Waals surface area contributed by atoms with Crippen LogP contribution in [0.4, 0.5) is 5.69 Å². The van der Waals surface area contributed by atoms with Crippen molar-refractivity contribution in [3.8, 4) is 11.5 Å². The van der Waals surface area contributed by atoms with Crippen LogP contribution in [0.3, 0.4) is 0 Å². The van der Waals surface area contributed by atoms with E-state index in [2.05, 4.69) is 20.6 Å². The lowest BCUT2D eigenvalue weighted by Crippen LogP contribution is -2.30. The molecule has 3 rings (SSSR count). The summed E-state index contributed by atoms with van der Waals surface area (Å²) < 4.78 is 11.4. The number of rotatable bonds is 3. The van der Waals surface area contributed by atoms with Gasteiger partial charge in [0.2, 0.25) is 0 Å². The van der Waals surface area contributed by atoms with Crippen molar-refractivity contribution < 1.29 is 9.47 Å². The first-order valence-corrected chi connectivity index (χ1v) is 8.77. The van der Waals surface area contributed by atoms with Gasteiger partial charge in [-0.15, -0.1) is 35.3 Å². The van der Waals surface area contributed by atoms with Crippen LogP contribution in [0.2, 0.25) is 0 Å². The summed E-state index contributed by atoms with van der Waals surface area (Å²) in [5.74, 6) is 2.26. The predicted octanol–water partition coefficient (Wildman–Crippen LogP) is 3.73. The van der Waals surface area contributed by atoms with Crippen LogP contribution < -0.4 is 20.1 Å². The van der Waals surface area contributed by atoms with Gasteiger partial charge in [0, 0.05) is 30.1 Å². The fourth-order valence-electron chi connectivity index (χ4n) is 2.46. The molecule has 1 aliphatic rings. The van der Waals surface area contributed by atoms with Gasteiger partial charge in [0.1, 0.15) is 0 Å². The first-order valence-electron chi connectivity index (χ1n) is 7.96. The summed E-state index contributed by atoms with van der Waals surface area (Å²) in [5.41, 5.74) is 1.97. The molecule has 0 aliphatic carbocycles. The van der Waals surface area contributed by atoms with E-state index in [1.165, 1.54) is 4.88 Å². The number of ether oxygens (including phenoxy) is 2. The number of fused-ring (bicyclic) bond motifs is 1. The van der Waals surface area contributed by atoms with E-state index in [0.29, 0.717) is 25.7 Å². The Labute approximate surface area is 169 Å². The monoisotopic (exact) mass is 474 g/mol. The highest BCUT2D eigenvalue weighted by atomic mass is 127. The Balaban J connectivity index is 0.00000225. The lowest BCUT2D eigenvalue weighted by Gasteiger charge is -2.13. The van der Waals surface area contributed by atoms with Crippen molar-refractivity contribution >= 4 is 47.0 Å². The smallest absolute Gasteiger partial charge is 0.195 e. The third kappa shape index (κ3) is 5.21. The Morgan fingerprint density at radius 3 is 2.68 bits per heavy atom. The highest BCUT2D eigenvalue weighted by Gasteiger charge is 2.12. The first-order chi connectivity index (χ1) is 11.7. The number of aliphatic imine (C=N–C) groups is 1. The number of hydrogen-bond acceptors (Lipinski definition) is 5. The van der Waals surface area contributed by atoms with Crippen LogP contribution in [-0.4, -0.2) is 31.2 Å². The van der Waals surface area contributed by atoms with Crippen molar-refractivity contribution in [1.29, 1.82) is 0 Å². The Morgan fingerprint density at radius 1 is 1.24 bits per heavy atom. The molecule has 6 nitrogen and oxygen atoms in total. The molecule has 0 spiro atoms. The summed E-state index contributed by atoms with van der Waals surface area (Å²) in [4.78, 5) is 9.93. The number of thiazole rings is 1. The molecule has 0 bridgehead atoms. The van der Waals surface area contributed by atoms with Gasteiger partial charge in [0.15, 0.2) is 17.5 Å². The van der Waals surface area contributed by atoms with Gasteiger partial charge in [0.25, 0.3) is 0 Å². The van der Waals surface area contributed by atoms with Crippen molar-refractivity contribution in [2.75, 3.05) is 25.6 Å². The quantitative estimate of drug-likeness (QED) is 0.403. The van der Waals surface area contributed by atoms with Crippen LogP contribution in [0.1, 0.15) is 22.0 Å². The van der Waals surface area contributed by atoms with Crippen LogP contribution in [-0.2, 0) is 6.54 Å². The molecule has 25 heavy (non-hydrogen) atoms. The third-order valence-corrected chi connectivity index (χ3v) is 4.72. The molecule has 0 amide bonds. The molecule has 2 aromatic rings. The summed E-state index contributed by atoms with van der Waals surface area (Å²) in [6.45, 7) is 6.11. The summed E-state index contributed by atoms with van der Waals surface area (Å²) in [5, 5.41) is 7.68. The largest absolute Gasteiger partial charge is 0.490 e. The Morgan fingerprint density at radius 2 is 2.00 bits per heavy atom. The lowest BCUT2D eigenvalue weighted by molar-refractivity contribution is 0.297. The summed E-state index contributed by atoms with van der Waals surface area (Å²) in [6.07, 6.45) is 0.897. The topological polar surface area (TPSA) is 67.8 Å². The van der Waals surface area contributed by atoms with Gasteiger partial charge < -0.3 is 20.1 Å². The average molecular weight is 474 g/mol. The van der Waals surface area contributed by atoms with Gasteiger partial charge in [-0.2, -0.15) is 0 Å². The summed E-state index contributed by atoms with van der Waals surface area (Å²) >= 11 is 1.70. The number of aromatic nitrogens is 1. The van der Waals surface area contributed by atoms with Crippen molar-refractivity contribution in [2.24, 2.45) is 4.99 Å². The summed E-state index contributed by atoms with van der Waals surface area (Å²) in [7, 11) is 1.75. The van der Waals surface area contributed by atoms with Crippen LogP contribution in [0.15, 0.2) is 23.2 Å². The second-order valence-electron chi connectivity index (χ2n) is 5.50. The Bertz CT molecular complexity index is 748. The molecule has 0 atom stereocenters. The molecule has 0 fully saturated rings. The summed E-state index contributed by atoms with van der Waals surface area (Å²) in [6, 6.07) is 5.82. The molecule has 2 heterocycles. The third-order valence-electron chi connectivity index (χ3n) is 3.65. The number of aryl methyl sites for hydroxylation is 2. The van der Waals surface area contributed by atoms with Gasteiger partial charge >= 0.3 is 0 Å². The highest BCUT2D eigenvalue weighted by Crippen LogP contribution is 2.32. The molecule has 0 saturated heterocycles. The van der Waals surface area contributed by atoms with Crippen molar-refractivity contribution in [3.05, 3.63) is 33.8 Å². The number of nitrogens with one attached hydrogen (secondary N) is 2. The van der Waals surface area contributed by atoms with Crippen LogP contribution in [0.25, 0.3) is 0 Å². The second kappa shape index (κ2) is 9.23. The van der Waals surface area contributed by atoms with E-state index in [9.17, 15) is 0 Å². The molecular weight excluding hydrogens is 451 g/mol. The second-order valence-corrected chi connectivity index (χ2v) is 6.79. The zero-order valence-electron chi connectivity index (χ0n) is 14.6. The number of nitrogens with zero attached hydrogens (tertiary/aromatic N) is 2. The van der Waals surface area contributed by atoms with Gasteiger partial charge in [-0.3, -0.25) is 4.99 Å². The van der Waals surface area contributed by atoms with Crippen molar-refractivity contribution in [3.63, 3.8) is 0 Å². The van der Waals surface area contributed by atoms with E-state index in [1.54, 1.807) is 18.4 Å². The average Bonchev–Trinajstić information content (AvgIpc) is 2.76. The Hall–Kier alpha value is -1.55. The maximum absolute atomic E-state index is 5.72. The normalized spacial score (nSPS) is 13.6. The minimum atomic E-state index is 0. The number of benzene rings is 1. The van der Waals surface area contributed by atoms with Crippen LogP contribution in [0.5, 0.6) is 11.5 Å². The van der Waals surface area contributed by atoms with Gasteiger partial charge in [-0.05, 0) is 26.0 Å². The van der Waals surface area contributed by atoms with Crippen molar-refractivity contribution in [2.45, 2.75) is 26.8 Å². The molecule has 8 heteroatoms. The lowest BCUT2D eigenvalue weighted by atomic mass is 10.2. The molecule has 1 aliphatic heterocycles. The Kier molecular flexibility index (Phi) is 7.30. The maximum atomic E-state index is 5.72. The van der Waals surface area contributed by atoms with Gasteiger partial charge in [0.05, 0.1) is 30.5 Å². The standard InChI is InChI=1S/C17H22N4O2S.HI/c1-11-16(24-12(2)20-11)10-19-17(18-3)21-13-5-6-14-15(9-13)23-8-4-7-22-14;/h5-6,9H,4,7-8,10H2,1-3H3,(H2,18,19,21);1H. The van der Waals surface area contributed by atoms with Gasteiger partial charge in [-0.25, -0.2) is 4.98 Å².